The van der Waals surface area contributed by atoms with Gasteiger partial charge in [-0.05, 0) is 19.4 Å². The van der Waals surface area contributed by atoms with E-state index in [-0.39, 0.29) is 19.4 Å². The lowest BCUT2D eigenvalue weighted by Crippen LogP contribution is -2.58. The molecule has 3 nitrogen and oxygen atoms in total. The van der Waals surface area contributed by atoms with Crippen LogP contribution in [0.15, 0.2) is 0 Å². The van der Waals surface area contributed by atoms with Crippen LogP contribution in [0.4, 0.5) is 13.2 Å². The van der Waals surface area contributed by atoms with E-state index >= 15 is 0 Å². The van der Waals surface area contributed by atoms with E-state index in [0.29, 0.717) is 0 Å². The minimum Gasteiger partial charge on any atom is -0.480 e. The summed E-state index contributed by atoms with van der Waals surface area (Å²) >= 11 is 0. The first-order valence-corrected chi connectivity index (χ1v) is 3.45. The van der Waals surface area contributed by atoms with E-state index in [1.165, 1.54) is 0 Å². The van der Waals surface area contributed by atoms with Crippen molar-refractivity contribution >= 4 is 5.97 Å². The summed E-state index contributed by atoms with van der Waals surface area (Å²) in [7, 11) is 0. The number of hydrogen-bond acceptors (Lipinski definition) is 2. The number of carbonyl (C=O) groups is 1. The number of nitrogens with one attached hydrogen (secondary N) is 1. The predicted octanol–water partition coefficient (Wildman–Crippen LogP) is 0.755. The Hall–Kier alpha value is -0.780. The lowest BCUT2D eigenvalue weighted by atomic mass is 9.97. The molecule has 0 amide bonds. The van der Waals surface area contributed by atoms with Crippen molar-refractivity contribution in [2.24, 2.45) is 0 Å². The second-order valence-electron chi connectivity index (χ2n) is 2.74. The van der Waals surface area contributed by atoms with Gasteiger partial charge in [-0.2, -0.15) is 13.2 Å². The maximum atomic E-state index is 12.2. The van der Waals surface area contributed by atoms with Crippen LogP contribution in [0, 0.1) is 0 Å². The zero-order valence-corrected chi connectivity index (χ0v) is 6.11. The molecule has 0 bridgehead atoms. The van der Waals surface area contributed by atoms with Crippen molar-refractivity contribution in [1.82, 2.24) is 5.32 Å². The summed E-state index contributed by atoms with van der Waals surface area (Å²) in [5.41, 5.74) is -2.70. The molecule has 0 radical (unpaired) electrons. The van der Waals surface area contributed by atoms with Crippen LogP contribution < -0.4 is 5.32 Å². The summed E-state index contributed by atoms with van der Waals surface area (Å²) in [4.78, 5) is 10.4. The van der Waals surface area contributed by atoms with Crippen molar-refractivity contribution in [2.45, 2.75) is 24.6 Å². The summed E-state index contributed by atoms with van der Waals surface area (Å²) < 4.78 is 36.7. The topological polar surface area (TPSA) is 49.3 Å². The molecule has 1 aliphatic rings. The Morgan fingerprint density at radius 1 is 1.50 bits per heavy atom. The number of carboxylic acid groups (broad SMARTS) is 1. The number of halogens is 3. The van der Waals surface area contributed by atoms with Gasteiger partial charge in [-0.1, -0.05) is 0 Å². The molecule has 0 saturated carbocycles. The van der Waals surface area contributed by atoms with Crippen molar-refractivity contribution < 1.29 is 23.1 Å². The fourth-order valence-corrected chi connectivity index (χ4v) is 1.29. The van der Waals surface area contributed by atoms with Crippen LogP contribution in [-0.2, 0) is 4.79 Å². The Balaban J connectivity index is 2.94. The highest BCUT2D eigenvalue weighted by molar-refractivity contribution is 5.80. The molecule has 0 aromatic rings. The van der Waals surface area contributed by atoms with E-state index in [0.717, 1.165) is 0 Å². The molecule has 1 atom stereocenters. The average molecular weight is 183 g/mol. The number of aliphatic carboxylic acids is 1. The van der Waals surface area contributed by atoms with Crippen molar-refractivity contribution in [3.8, 4) is 0 Å². The second-order valence-corrected chi connectivity index (χ2v) is 2.74. The molecule has 0 aromatic carbocycles. The third kappa shape index (κ3) is 1.16. The first-order valence-electron chi connectivity index (χ1n) is 3.45. The largest absolute Gasteiger partial charge is 0.480 e. The Morgan fingerprint density at radius 2 is 2.08 bits per heavy atom. The SMILES string of the molecule is O=C(O)[C@@]1(C(F)(F)F)CCCN1. The molecule has 1 fully saturated rings. The number of carboxylic acids is 1. The highest BCUT2D eigenvalue weighted by Gasteiger charge is 2.61. The van der Waals surface area contributed by atoms with Crippen LogP contribution in [-0.4, -0.2) is 29.3 Å². The molecular weight excluding hydrogens is 175 g/mol. The van der Waals surface area contributed by atoms with Crippen LogP contribution in [0.25, 0.3) is 0 Å². The summed E-state index contributed by atoms with van der Waals surface area (Å²) in [6.07, 6.45) is -4.85. The van der Waals surface area contributed by atoms with Crippen LogP contribution in [0.2, 0.25) is 0 Å². The molecule has 0 spiro atoms. The molecule has 1 saturated heterocycles. The minimum atomic E-state index is -4.71. The Bertz CT molecular complexity index is 195. The summed E-state index contributed by atoms with van der Waals surface area (Å²) in [6.45, 7) is 0.103. The van der Waals surface area contributed by atoms with E-state index in [1.807, 2.05) is 5.32 Å². The molecule has 1 rings (SSSR count). The van der Waals surface area contributed by atoms with Gasteiger partial charge in [0.2, 0.25) is 5.54 Å². The monoisotopic (exact) mass is 183 g/mol. The van der Waals surface area contributed by atoms with Crippen molar-refractivity contribution in [1.29, 1.82) is 0 Å². The van der Waals surface area contributed by atoms with Gasteiger partial charge < -0.3 is 5.11 Å². The average Bonchev–Trinajstić information content (AvgIpc) is 2.31. The zero-order chi connectivity index (χ0) is 9.41. The van der Waals surface area contributed by atoms with Crippen molar-refractivity contribution in [2.75, 3.05) is 6.54 Å². The standard InChI is InChI=1S/C6H8F3NO2/c7-6(8,9)5(4(11)12)2-1-3-10-5/h10H,1-3H2,(H,11,12)/t5-/m1/s1. The lowest BCUT2D eigenvalue weighted by Gasteiger charge is -2.26. The number of hydrogen-bond donors (Lipinski definition) is 2. The Labute approximate surface area is 66.6 Å². The highest BCUT2D eigenvalue weighted by Crippen LogP contribution is 2.37. The van der Waals surface area contributed by atoms with Gasteiger partial charge in [-0.3, -0.25) is 5.32 Å². The lowest BCUT2D eigenvalue weighted by molar-refractivity contribution is -0.206. The third-order valence-corrected chi connectivity index (χ3v) is 2.00. The van der Waals surface area contributed by atoms with Gasteiger partial charge >= 0.3 is 12.1 Å². The number of rotatable bonds is 1. The maximum absolute atomic E-state index is 12.2. The normalized spacial score (nSPS) is 30.6. The molecule has 70 valence electrons. The van der Waals surface area contributed by atoms with Crippen molar-refractivity contribution in [3.63, 3.8) is 0 Å². The molecule has 12 heavy (non-hydrogen) atoms. The van der Waals surface area contributed by atoms with E-state index in [4.69, 9.17) is 5.11 Å². The van der Waals surface area contributed by atoms with Crippen LogP contribution in [0.1, 0.15) is 12.8 Å². The minimum absolute atomic E-state index is 0.103. The fraction of sp³-hybridized carbons (Fsp3) is 0.833. The fourth-order valence-electron chi connectivity index (χ4n) is 1.29. The first kappa shape index (κ1) is 9.31. The van der Waals surface area contributed by atoms with Crippen LogP contribution in [0.5, 0.6) is 0 Å². The van der Waals surface area contributed by atoms with E-state index in [1.54, 1.807) is 0 Å². The molecular formula is C6H8F3NO2. The van der Waals surface area contributed by atoms with Gasteiger partial charge in [-0.15, -0.1) is 0 Å². The first-order chi connectivity index (χ1) is 5.40. The molecule has 1 heterocycles. The van der Waals surface area contributed by atoms with Gasteiger partial charge in [0.05, 0.1) is 0 Å². The second kappa shape index (κ2) is 2.62. The molecule has 2 N–H and O–H groups in total. The van der Waals surface area contributed by atoms with E-state index in [2.05, 4.69) is 0 Å². The quantitative estimate of drug-likeness (QED) is 0.630. The highest BCUT2D eigenvalue weighted by atomic mass is 19.4. The summed E-state index contributed by atoms with van der Waals surface area (Å²) in [6, 6.07) is 0. The van der Waals surface area contributed by atoms with E-state index in [9.17, 15) is 18.0 Å². The summed E-state index contributed by atoms with van der Waals surface area (Å²) in [5, 5.41) is 10.4. The maximum Gasteiger partial charge on any atom is 0.417 e. The van der Waals surface area contributed by atoms with Gasteiger partial charge in [0.25, 0.3) is 0 Å². The van der Waals surface area contributed by atoms with Gasteiger partial charge in [-0.25, -0.2) is 4.79 Å². The van der Waals surface area contributed by atoms with Crippen molar-refractivity contribution in [3.05, 3.63) is 0 Å². The summed E-state index contributed by atoms with van der Waals surface area (Å²) in [5.74, 6) is -1.84. The Morgan fingerprint density at radius 3 is 2.25 bits per heavy atom. The van der Waals surface area contributed by atoms with Crippen LogP contribution in [0.3, 0.4) is 0 Å². The van der Waals surface area contributed by atoms with Gasteiger partial charge in [0.15, 0.2) is 0 Å². The van der Waals surface area contributed by atoms with Gasteiger partial charge in [0.1, 0.15) is 0 Å². The molecule has 0 aliphatic carbocycles. The molecule has 1 aliphatic heterocycles. The van der Waals surface area contributed by atoms with Gasteiger partial charge in [0, 0.05) is 0 Å². The van der Waals surface area contributed by atoms with E-state index < -0.39 is 17.7 Å². The molecule has 0 aromatic heterocycles. The van der Waals surface area contributed by atoms with Crippen LogP contribution >= 0.6 is 0 Å². The molecule has 6 heteroatoms. The smallest absolute Gasteiger partial charge is 0.417 e. The number of alkyl halides is 3. The zero-order valence-electron chi connectivity index (χ0n) is 6.11. The molecule has 0 unspecified atom stereocenters. The Kier molecular flexibility index (Phi) is 2.03. The third-order valence-electron chi connectivity index (χ3n) is 2.00. The predicted molar refractivity (Wildman–Crippen MR) is 33.7 cm³/mol.